The molecule has 0 N–H and O–H groups in total. The molecule has 0 aliphatic rings. The molecule has 0 radical (unpaired) electrons. The number of halogens is 1. The van der Waals surface area contributed by atoms with Gasteiger partial charge in [0.2, 0.25) is 5.75 Å². The third-order valence-electron chi connectivity index (χ3n) is 2.93. The van der Waals surface area contributed by atoms with E-state index in [1.165, 1.54) is 11.6 Å². The Morgan fingerprint density at radius 2 is 1.80 bits per heavy atom. The second kappa shape index (κ2) is 6.52. The van der Waals surface area contributed by atoms with Crippen LogP contribution in [0.3, 0.4) is 0 Å². The lowest BCUT2D eigenvalue weighted by Crippen LogP contribution is -1.95. The summed E-state index contributed by atoms with van der Waals surface area (Å²) in [6.45, 7) is 2.07. The SMILES string of the molecule is CCc1ccc(Oc2ccc(CBr)cc2[N+](=O)[O-])cc1. The number of hydrogen-bond donors (Lipinski definition) is 0. The van der Waals surface area contributed by atoms with E-state index in [2.05, 4.69) is 22.9 Å². The van der Waals surface area contributed by atoms with Gasteiger partial charge in [-0.15, -0.1) is 0 Å². The molecule has 0 atom stereocenters. The van der Waals surface area contributed by atoms with Gasteiger partial charge < -0.3 is 4.74 Å². The molecule has 0 spiro atoms. The Morgan fingerprint density at radius 1 is 1.15 bits per heavy atom. The standard InChI is InChI=1S/C15H14BrNO3/c1-2-11-3-6-13(7-4-11)20-15-8-5-12(10-16)9-14(15)17(18)19/h3-9H,2,10H2,1H3. The molecule has 2 aromatic carbocycles. The van der Waals surface area contributed by atoms with Crippen molar-refractivity contribution >= 4 is 21.6 Å². The number of nitro benzene ring substituents is 1. The van der Waals surface area contributed by atoms with Crippen LogP contribution in [0.15, 0.2) is 42.5 Å². The minimum absolute atomic E-state index is 0.0264. The summed E-state index contributed by atoms with van der Waals surface area (Å²) < 4.78 is 5.61. The fourth-order valence-electron chi connectivity index (χ4n) is 1.80. The van der Waals surface area contributed by atoms with E-state index in [0.717, 1.165) is 12.0 Å². The molecule has 0 bridgehead atoms. The molecular formula is C15H14BrNO3. The van der Waals surface area contributed by atoms with Crippen molar-refractivity contribution in [3.63, 3.8) is 0 Å². The monoisotopic (exact) mass is 335 g/mol. The van der Waals surface area contributed by atoms with E-state index >= 15 is 0 Å². The van der Waals surface area contributed by atoms with E-state index in [0.29, 0.717) is 11.1 Å². The number of nitrogens with zero attached hydrogens (tertiary/aromatic N) is 1. The molecule has 2 aromatic rings. The molecule has 0 aliphatic heterocycles. The topological polar surface area (TPSA) is 52.4 Å². The van der Waals surface area contributed by atoms with Crippen LogP contribution in [-0.2, 0) is 11.8 Å². The van der Waals surface area contributed by atoms with Gasteiger partial charge in [0.15, 0.2) is 0 Å². The zero-order valence-electron chi connectivity index (χ0n) is 11.0. The predicted octanol–water partition coefficient (Wildman–Crippen LogP) is 4.84. The number of hydrogen-bond acceptors (Lipinski definition) is 3. The van der Waals surface area contributed by atoms with Gasteiger partial charge in [-0.2, -0.15) is 0 Å². The Morgan fingerprint density at radius 3 is 2.35 bits per heavy atom. The summed E-state index contributed by atoms with van der Waals surface area (Å²) in [5, 5.41) is 11.7. The van der Waals surface area contributed by atoms with Crippen LogP contribution in [0.4, 0.5) is 5.69 Å². The van der Waals surface area contributed by atoms with Crippen molar-refractivity contribution in [1.82, 2.24) is 0 Å². The molecule has 0 saturated heterocycles. The van der Waals surface area contributed by atoms with E-state index in [-0.39, 0.29) is 11.4 Å². The van der Waals surface area contributed by atoms with E-state index in [1.807, 2.05) is 24.3 Å². The zero-order chi connectivity index (χ0) is 14.5. The summed E-state index contributed by atoms with van der Waals surface area (Å²) in [5.41, 5.74) is 2.01. The van der Waals surface area contributed by atoms with Gasteiger partial charge in [-0.1, -0.05) is 41.1 Å². The van der Waals surface area contributed by atoms with Crippen LogP contribution in [0.5, 0.6) is 11.5 Å². The molecule has 0 saturated carbocycles. The molecule has 104 valence electrons. The number of benzene rings is 2. The number of aryl methyl sites for hydroxylation is 1. The van der Waals surface area contributed by atoms with Gasteiger partial charge in [-0.3, -0.25) is 10.1 Å². The number of rotatable bonds is 5. The molecular weight excluding hydrogens is 322 g/mol. The first-order valence-corrected chi connectivity index (χ1v) is 7.36. The molecule has 0 aliphatic carbocycles. The number of alkyl halides is 1. The molecule has 2 rings (SSSR count). The lowest BCUT2D eigenvalue weighted by atomic mass is 10.2. The highest BCUT2D eigenvalue weighted by Gasteiger charge is 2.16. The van der Waals surface area contributed by atoms with Crippen LogP contribution >= 0.6 is 15.9 Å². The third-order valence-corrected chi connectivity index (χ3v) is 3.58. The van der Waals surface area contributed by atoms with E-state index < -0.39 is 4.92 Å². The van der Waals surface area contributed by atoms with Crippen molar-refractivity contribution in [2.75, 3.05) is 0 Å². The van der Waals surface area contributed by atoms with Crippen LogP contribution in [0.2, 0.25) is 0 Å². The summed E-state index contributed by atoms with van der Waals surface area (Å²) in [6, 6.07) is 12.5. The average molecular weight is 336 g/mol. The highest BCUT2D eigenvalue weighted by Crippen LogP contribution is 2.32. The lowest BCUT2D eigenvalue weighted by molar-refractivity contribution is -0.385. The van der Waals surface area contributed by atoms with Gasteiger partial charge in [0.05, 0.1) is 4.92 Å². The first-order chi connectivity index (χ1) is 9.63. The average Bonchev–Trinajstić information content (AvgIpc) is 2.48. The minimum Gasteiger partial charge on any atom is -0.450 e. The summed E-state index contributed by atoms with van der Waals surface area (Å²) in [6.07, 6.45) is 0.945. The second-order valence-corrected chi connectivity index (χ2v) is 4.85. The van der Waals surface area contributed by atoms with Crippen molar-refractivity contribution in [2.45, 2.75) is 18.7 Å². The summed E-state index contributed by atoms with van der Waals surface area (Å²) in [7, 11) is 0. The Bertz CT molecular complexity index is 611. The maximum atomic E-state index is 11.1. The summed E-state index contributed by atoms with van der Waals surface area (Å²) in [5.74, 6) is 0.848. The van der Waals surface area contributed by atoms with Crippen LogP contribution in [0.1, 0.15) is 18.1 Å². The highest BCUT2D eigenvalue weighted by atomic mass is 79.9. The fourth-order valence-corrected chi connectivity index (χ4v) is 2.14. The molecule has 0 amide bonds. The Balaban J connectivity index is 2.29. The molecule has 0 aromatic heterocycles. The summed E-state index contributed by atoms with van der Waals surface area (Å²) in [4.78, 5) is 10.7. The lowest BCUT2D eigenvalue weighted by Gasteiger charge is -2.08. The molecule has 0 heterocycles. The quantitative estimate of drug-likeness (QED) is 0.446. The van der Waals surface area contributed by atoms with E-state index in [9.17, 15) is 10.1 Å². The van der Waals surface area contributed by atoms with Gasteiger partial charge in [0, 0.05) is 11.4 Å². The smallest absolute Gasteiger partial charge is 0.311 e. The largest absolute Gasteiger partial charge is 0.450 e. The van der Waals surface area contributed by atoms with Crippen LogP contribution < -0.4 is 4.74 Å². The third kappa shape index (κ3) is 3.36. The number of nitro groups is 1. The second-order valence-electron chi connectivity index (χ2n) is 4.29. The Hall–Kier alpha value is -1.88. The van der Waals surface area contributed by atoms with Crippen LogP contribution in [-0.4, -0.2) is 4.92 Å². The van der Waals surface area contributed by atoms with E-state index in [1.54, 1.807) is 12.1 Å². The maximum absolute atomic E-state index is 11.1. The molecule has 5 heteroatoms. The normalized spacial score (nSPS) is 10.3. The minimum atomic E-state index is -0.429. The van der Waals surface area contributed by atoms with E-state index in [4.69, 9.17) is 4.74 Å². The predicted molar refractivity (Wildman–Crippen MR) is 81.6 cm³/mol. The first kappa shape index (κ1) is 14.5. The highest BCUT2D eigenvalue weighted by molar-refractivity contribution is 9.08. The van der Waals surface area contributed by atoms with Gasteiger partial charge in [-0.25, -0.2) is 0 Å². The molecule has 20 heavy (non-hydrogen) atoms. The zero-order valence-corrected chi connectivity index (χ0v) is 12.6. The Kier molecular flexibility index (Phi) is 4.74. The molecule has 4 nitrogen and oxygen atoms in total. The number of ether oxygens (including phenoxy) is 1. The van der Waals surface area contributed by atoms with Crippen molar-refractivity contribution in [1.29, 1.82) is 0 Å². The van der Waals surface area contributed by atoms with Gasteiger partial charge in [0.25, 0.3) is 0 Å². The van der Waals surface area contributed by atoms with Crippen LogP contribution in [0, 0.1) is 10.1 Å². The summed E-state index contributed by atoms with van der Waals surface area (Å²) >= 11 is 3.28. The van der Waals surface area contributed by atoms with Gasteiger partial charge in [-0.05, 0) is 35.7 Å². The van der Waals surface area contributed by atoms with Crippen molar-refractivity contribution in [3.8, 4) is 11.5 Å². The van der Waals surface area contributed by atoms with Crippen LogP contribution in [0.25, 0.3) is 0 Å². The Labute approximate surface area is 125 Å². The van der Waals surface area contributed by atoms with Gasteiger partial charge in [0.1, 0.15) is 5.75 Å². The first-order valence-electron chi connectivity index (χ1n) is 6.24. The van der Waals surface area contributed by atoms with Crippen molar-refractivity contribution in [2.24, 2.45) is 0 Å². The van der Waals surface area contributed by atoms with Gasteiger partial charge >= 0.3 is 5.69 Å². The molecule has 0 unspecified atom stereocenters. The molecule has 0 fully saturated rings. The fraction of sp³-hybridized carbons (Fsp3) is 0.200. The maximum Gasteiger partial charge on any atom is 0.311 e. The van der Waals surface area contributed by atoms with Crippen molar-refractivity contribution in [3.05, 3.63) is 63.7 Å². The van der Waals surface area contributed by atoms with Crippen molar-refractivity contribution < 1.29 is 9.66 Å².